The third-order valence-corrected chi connectivity index (χ3v) is 11.2. The van der Waals surface area contributed by atoms with Crippen LogP contribution in [0.1, 0.15) is 70.8 Å². The number of benzene rings is 9. The molecule has 0 amide bonds. The first kappa shape index (κ1) is 65.3. The number of carbonyl (C=O) groups excluding carboxylic acids is 2. The lowest BCUT2D eigenvalue weighted by atomic mass is 10.0. The molecule has 0 atom stereocenters. The van der Waals surface area contributed by atoms with Crippen LogP contribution in [0, 0.1) is 62.3 Å². The Morgan fingerprint density at radius 2 is 0.718 bits per heavy atom. The van der Waals surface area contributed by atoms with Crippen LogP contribution in [-0.2, 0) is 9.47 Å². The summed E-state index contributed by atoms with van der Waals surface area (Å²) in [6.07, 6.45) is 0. The van der Waals surface area contributed by atoms with Gasteiger partial charge in [0, 0.05) is 16.4 Å². The highest BCUT2D eigenvalue weighted by molar-refractivity contribution is 6.30. The van der Waals surface area contributed by atoms with Gasteiger partial charge in [0.15, 0.2) is 0 Å². The van der Waals surface area contributed by atoms with Crippen molar-refractivity contribution >= 4 is 34.9 Å². The lowest BCUT2D eigenvalue weighted by Gasteiger charge is -2.03. The van der Waals surface area contributed by atoms with E-state index >= 15 is 0 Å². The lowest BCUT2D eigenvalue weighted by Crippen LogP contribution is -2.05. The molecule has 0 fully saturated rings. The first-order valence-corrected chi connectivity index (χ1v) is 25.4. The predicted molar refractivity (Wildman–Crippen MR) is 326 cm³/mol. The molecule has 0 saturated carbocycles. The molecule has 9 rings (SSSR count). The molecule has 0 aliphatic carbocycles. The highest BCUT2D eigenvalue weighted by Crippen LogP contribution is 2.20. The number of aryl methyl sites for hydroxylation is 9. The van der Waals surface area contributed by atoms with Gasteiger partial charge in [0.05, 0.1) is 26.9 Å². The molecule has 0 saturated heterocycles. The van der Waals surface area contributed by atoms with Gasteiger partial charge in [-0.1, -0.05) is 201 Å². The van der Waals surface area contributed by atoms with E-state index in [2.05, 4.69) is 110 Å². The molecule has 0 bridgehead atoms. The van der Waals surface area contributed by atoms with E-state index in [9.17, 15) is 14.7 Å². The van der Waals surface area contributed by atoms with Gasteiger partial charge in [-0.2, -0.15) is 0 Å². The summed E-state index contributed by atoms with van der Waals surface area (Å²) in [4.78, 5) is 22.1. The van der Waals surface area contributed by atoms with E-state index in [-0.39, 0.29) is 11.3 Å². The highest BCUT2D eigenvalue weighted by atomic mass is 35.5. The minimum atomic E-state index is -0.517. The molecule has 9 nitrogen and oxygen atoms in total. The summed E-state index contributed by atoms with van der Waals surface area (Å²) in [5, 5.41) is 18.8. The molecule has 78 heavy (non-hydrogen) atoms. The van der Waals surface area contributed by atoms with E-state index in [1.165, 1.54) is 70.4 Å². The first-order valence-electron chi connectivity index (χ1n) is 25.0. The molecule has 10 heteroatoms. The van der Waals surface area contributed by atoms with Crippen molar-refractivity contribution in [3.05, 3.63) is 279 Å². The number of ether oxygens (including phenoxy) is 3. The van der Waals surface area contributed by atoms with Crippen LogP contribution in [0.25, 0.3) is 11.1 Å². The number of nitrogen functional groups attached to an aromatic ring is 2. The molecule has 9 aromatic carbocycles. The Morgan fingerprint density at radius 1 is 0.385 bits per heavy atom. The maximum absolute atomic E-state index is 11.1. The average molecular weight is 1070 g/mol. The molecule has 6 N–H and O–H groups in total. The number of nitrogens with two attached hydrogens (primary N) is 2. The summed E-state index contributed by atoms with van der Waals surface area (Å²) in [6.45, 7) is 18.2. The van der Waals surface area contributed by atoms with E-state index in [1.807, 2.05) is 132 Å². The molecule has 9 aromatic rings. The molecular weight excluding hydrogens is 992 g/mol. The first-order chi connectivity index (χ1) is 37.1. The number of anilines is 2. The van der Waals surface area contributed by atoms with Crippen LogP contribution in [0.15, 0.2) is 212 Å². The molecule has 0 aliphatic heterocycles. The van der Waals surface area contributed by atoms with E-state index in [1.54, 1.807) is 43.5 Å². The zero-order valence-electron chi connectivity index (χ0n) is 47.2. The van der Waals surface area contributed by atoms with Crippen molar-refractivity contribution < 1.29 is 34.0 Å². The third-order valence-electron chi connectivity index (χ3n) is 10.9. The van der Waals surface area contributed by atoms with E-state index in [4.69, 9.17) is 32.9 Å². The molecule has 0 unspecified atom stereocenters. The molecule has 0 aliphatic rings. The second-order valence-corrected chi connectivity index (χ2v) is 18.5. The Bertz CT molecular complexity index is 2770. The molecule has 0 spiro atoms. The van der Waals surface area contributed by atoms with Crippen LogP contribution >= 0.6 is 11.6 Å². The van der Waals surface area contributed by atoms with Gasteiger partial charge < -0.3 is 35.9 Å². The van der Waals surface area contributed by atoms with Crippen LogP contribution < -0.4 is 16.2 Å². The fourth-order valence-electron chi connectivity index (χ4n) is 6.21. The van der Waals surface area contributed by atoms with Crippen molar-refractivity contribution in [3.8, 4) is 28.4 Å². The summed E-state index contributed by atoms with van der Waals surface area (Å²) in [5.74, 6) is 0.288. The van der Waals surface area contributed by atoms with Crippen LogP contribution in [0.2, 0.25) is 5.02 Å². The Morgan fingerprint density at radius 3 is 1.12 bits per heavy atom. The second-order valence-electron chi connectivity index (χ2n) is 18.0. The van der Waals surface area contributed by atoms with Gasteiger partial charge in [-0.3, -0.25) is 0 Å². The lowest BCUT2D eigenvalue weighted by molar-refractivity contribution is 0.0590. The number of hydrogen-bond acceptors (Lipinski definition) is 9. The Labute approximate surface area is 468 Å². The van der Waals surface area contributed by atoms with Crippen LogP contribution in [0.4, 0.5) is 11.4 Å². The fraction of sp³-hybridized carbons (Fsp3) is 0.176. The predicted octanol–water partition coefficient (Wildman–Crippen LogP) is 16.7. The normalized spacial score (nSPS) is 9.40. The zero-order valence-corrected chi connectivity index (χ0v) is 47.9. The summed E-state index contributed by atoms with van der Waals surface area (Å²) >= 11 is 5.61. The molecule has 0 heterocycles. The second kappa shape index (κ2) is 36.2. The smallest absolute Gasteiger partial charge is 0.341 e. The minimum Gasteiger partial charge on any atom is -0.508 e. The van der Waals surface area contributed by atoms with Gasteiger partial charge in [-0.05, 0) is 146 Å². The average Bonchev–Trinajstić information content (AvgIpc) is 3.45. The number of rotatable bonds is 4. The van der Waals surface area contributed by atoms with Crippen molar-refractivity contribution in [2.45, 2.75) is 62.3 Å². The monoisotopic (exact) mass is 1070 g/mol. The van der Waals surface area contributed by atoms with Crippen LogP contribution in [0.3, 0.4) is 0 Å². The number of phenolic OH excluding ortho intramolecular Hbond substituents is 2. The van der Waals surface area contributed by atoms with Crippen molar-refractivity contribution in [2.24, 2.45) is 0 Å². The van der Waals surface area contributed by atoms with E-state index < -0.39 is 11.9 Å². The van der Waals surface area contributed by atoms with Gasteiger partial charge >= 0.3 is 11.9 Å². The van der Waals surface area contributed by atoms with Crippen LogP contribution in [-0.4, -0.2) is 43.5 Å². The van der Waals surface area contributed by atoms with E-state index in [0.717, 1.165) is 27.6 Å². The highest BCUT2D eigenvalue weighted by Gasteiger charge is 2.11. The number of halogens is 1. The number of phenols is 2. The SMILES string of the molecule is COC(=O)c1cc(C)ccc1N.COC(=O)c1cc(C)ccc1O.COc1ccc(C)cc1.Cc1ccc(-c2ccccc2)cc1.Cc1ccc(C)cc1.Cc1ccc(Cl)cc1.Cc1ccc(N)cc1.Cc1ccc(O)cc1. The fourth-order valence-corrected chi connectivity index (χ4v) is 6.34. The van der Waals surface area contributed by atoms with Crippen molar-refractivity contribution in [2.75, 3.05) is 32.8 Å². The molecular formula is C68H77ClN2O7. The Kier molecular flexibility index (Phi) is 30.3. The van der Waals surface area contributed by atoms with Gasteiger partial charge in [0.1, 0.15) is 22.8 Å². The number of carbonyl (C=O) groups is 2. The topological polar surface area (TPSA) is 154 Å². The minimum absolute atomic E-state index is 0.0487. The number of hydrogen-bond donors (Lipinski definition) is 4. The molecule has 0 aromatic heterocycles. The quantitative estimate of drug-likeness (QED) is 0.0996. The van der Waals surface area contributed by atoms with Crippen molar-refractivity contribution in [1.29, 1.82) is 0 Å². The summed E-state index contributed by atoms with van der Waals surface area (Å²) in [7, 11) is 4.29. The van der Waals surface area contributed by atoms with Crippen LogP contribution in [0.5, 0.6) is 17.2 Å². The Hall–Kier alpha value is -8.79. The zero-order chi connectivity index (χ0) is 58.0. The maximum Gasteiger partial charge on any atom is 0.341 e. The van der Waals surface area contributed by atoms with Crippen molar-refractivity contribution in [1.82, 2.24) is 0 Å². The standard InChI is InChI=1S/C13H12.C9H11NO2.C9H10O3.C8H10O.C8H10.C7H7Cl.C7H9N.C7H8O/c1-11-7-9-13(10-8-11)12-5-3-2-4-6-12;2*1-6-3-4-8(10)7(5-6)9(11)12-2;1-7-3-5-8(9-2)6-4-7;1-7-3-5-8(2)6-4-7;3*1-6-2-4-7(8)5-3-6/h2-10H,1H3;3-5H,10H2,1-2H3;3-5,10H,1-2H3;3-6H,1-2H3;3-6H,1-2H3;2-5H,1H3;2-5H,8H2,1H3;2-5,8H,1H3. The van der Waals surface area contributed by atoms with Gasteiger partial charge in [0.25, 0.3) is 0 Å². The summed E-state index contributed by atoms with van der Waals surface area (Å²) in [5.41, 5.74) is 26.3. The van der Waals surface area contributed by atoms with Gasteiger partial charge in [-0.15, -0.1) is 0 Å². The maximum atomic E-state index is 11.1. The summed E-state index contributed by atoms with van der Waals surface area (Å²) in [6, 6.07) is 68.1. The summed E-state index contributed by atoms with van der Waals surface area (Å²) < 4.78 is 14.0. The largest absolute Gasteiger partial charge is 0.508 e. The number of methoxy groups -OCH3 is 3. The van der Waals surface area contributed by atoms with Gasteiger partial charge in [0.2, 0.25) is 0 Å². The number of aromatic hydroxyl groups is 2. The Balaban J connectivity index is 0.000000307. The number of esters is 2. The molecule has 408 valence electrons. The third kappa shape index (κ3) is 27.7. The van der Waals surface area contributed by atoms with Gasteiger partial charge in [-0.25, -0.2) is 9.59 Å². The van der Waals surface area contributed by atoms with E-state index in [0.29, 0.717) is 17.0 Å². The van der Waals surface area contributed by atoms with Crippen molar-refractivity contribution in [3.63, 3.8) is 0 Å². The molecule has 0 radical (unpaired) electrons.